The van der Waals surface area contributed by atoms with Crippen LogP contribution in [0.4, 0.5) is 0 Å². The fourth-order valence-corrected chi connectivity index (χ4v) is 3.50. The van der Waals surface area contributed by atoms with Gasteiger partial charge in [0.15, 0.2) is 6.10 Å². The van der Waals surface area contributed by atoms with E-state index in [1.807, 2.05) is 0 Å². The van der Waals surface area contributed by atoms with Crippen LogP contribution in [0, 0.1) is 11.3 Å². The van der Waals surface area contributed by atoms with E-state index in [9.17, 15) is 13.2 Å². The van der Waals surface area contributed by atoms with E-state index in [0.29, 0.717) is 31.9 Å². The van der Waals surface area contributed by atoms with Gasteiger partial charge in [-0.3, -0.25) is 0 Å². The van der Waals surface area contributed by atoms with Gasteiger partial charge in [-0.15, -0.1) is 0 Å². The van der Waals surface area contributed by atoms with Gasteiger partial charge in [0.2, 0.25) is 10.0 Å². The highest BCUT2D eigenvalue weighted by Gasteiger charge is 2.25. The highest BCUT2D eigenvalue weighted by Crippen LogP contribution is 2.18. The maximum absolute atomic E-state index is 12.5. The second kappa shape index (κ2) is 8.06. The van der Waals surface area contributed by atoms with Gasteiger partial charge in [0.05, 0.1) is 18.1 Å². The number of ether oxygens (including phenoxy) is 2. The molecule has 0 amide bonds. The van der Waals surface area contributed by atoms with E-state index in [2.05, 4.69) is 0 Å². The van der Waals surface area contributed by atoms with Crippen LogP contribution in [0.5, 0.6) is 0 Å². The van der Waals surface area contributed by atoms with Crippen molar-refractivity contribution in [2.24, 2.45) is 0 Å². The smallest absolute Gasteiger partial charge is 0.332 e. The lowest BCUT2D eigenvalue weighted by Gasteiger charge is -2.26. The molecule has 1 atom stereocenters. The molecule has 7 nitrogen and oxygen atoms in total. The van der Waals surface area contributed by atoms with Crippen LogP contribution in [0.1, 0.15) is 12.5 Å². The van der Waals surface area contributed by atoms with Crippen molar-refractivity contribution in [1.82, 2.24) is 4.31 Å². The Morgan fingerprint density at radius 3 is 2.54 bits per heavy atom. The lowest BCUT2D eigenvalue weighted by atomic mass is 10.2. The molecule has 128 valence electrons. The lowest BCUT2D eigenvalue weighted by Crippen LogP contribution is -2.40. The second-order valence-electron chi connectivity index (χ2n) is 5.13. The number of sulfonamides is 1. The summed E-state index contributed by atoms with van der Waals surface area (Å²) in [5.41, 5.74) is 0.650. The normalized spacial score (nSPS) is 17.3. The summed E-state index contributed by atoms with van der Waals surface area (Å²) in [5, 5.41) is 8.56. The van der Waals surface area contributed by atoms with Crippen LogP contribution in [-0.2, 0) is 24.3 Å². The molecule has 8 heteroatoms. The number of hydrogen-bond donors (Lipinski definition) is 0. The SMILES string of the molecule is CC(C#N)OC(=O)/C=C/c1ccc(S(=O)(=O)N2CCOCC2)cc1. The average Bonchev–Trinajstić information content (AvgIpc) is 2.61. The number of carbonyl (C=O) groups excluding carboxylic acids is 1. The summed E-state index contributed by atoms with van der Waals surface area (Å²) >= 11 is 0. The highest BCUT2D eigenvalue weighted by atomic mass is 32.2. The number of hydrogen-bond acceptors (Lipinski definition) is 6. The standard InChI is InChI=1S/C16H18N2O5S/c1-13(12-17)23-16(19)7-4-14-2-5-15(6-3-14)24(20,21)18-8-10-22-11-9-18/h2-7,13H,8-11H2,1H3/b7-4+. The Kier molecular flexibility index (Phi) is 6.09. The number of morpholine rings is 1. The molecule has 0 aliphatic carbocycles. The van der Waals surface area contributed by atoms with Gasteiger partial charge in [-0.25, -0.2) is 13.2 Å². The van der Waals surface area contributed by atoms with E-state index in [0.717, 1.165) is 0 Å². The first-order chi connectivity index (χ1) is 11.4. The van der Waals surface area contributed by atoms with Gasteiger partial charge in [0.25, 0.3) is 0 Å². The fraction of sp³-hybridized carbons (Fsp3) is 0.375. The minimum absolute atomic E-state index is 0.197. The predicted octanol–water partition coefficient (Wildman–Crippen LogP) is 1.18. The van der Waals surface area contributed by atoms with Gasteiger partial charge in [-0.1, -0.05) is 12.1 Å². The van der Waals surface area contributed by atoms with Crippen molar-refractivity contribution in [3.05, 3.63) is 35.9 Å². The van der Waals surface area contributed by atoms with E-state index in [4.69, 9.17) is 14.7 Å². The molecule has 24 heavy (non-hydrogen) atoms. The van der Waals surface area contributed by atoms with E-state index in [-0.39, 0.29) is 4.90 Å². The third-order valence-electron chi connectivity index (χ3n) is 3.37. The van der Waals surface area contributed by atoms with Gasteiger partial charge < -0.3 is 9.47 Å². The average molecular weight is 350 g/mol. The molecule has 0 N–H and O–H groups in total. The van der Waals surface area contributed by atoms with Crippen molar-refractivity contribution in [3.63, 3.8) is 0 Å². The van der Waals surface area contributed by atoms with Crippen LogP contribution in [-0.4, -0.2) is 51.1 Å². The Morgan fingerprint density at radius 1 is 1.33 bits per heavy atom. The summed E-state index contributed by atoms with van der Waals surface area (Å²) in [4.78, 5) is 11.6. The maximum Gasteiger partial charge on any atom is 0.332 e. The van der Waals surface area contributed by atoms with Crippen LogP contribution >= 0.6 is 0 Å². The quantitative estimate of drug-likeness (QED) is 0.584. The van der Waals surface area contributed by atoms with Crippen molar-refractivity contribution in [3.8, 4) is 6.07 Å². The van der Waals surface area contributed by atoms with E-state index in [1.165, 1.54) is 35.5 Å². The summed E-state index contributed by atoms with van der Waals surface area (Å²) in [6.45, 7) is 2.93. The van der Waals surface area contributed by atoms with Gasteiger partial charge in [0, 0.05) is 19.2 Å². The molecule has 0 aromatic heterocycles. The van der Waals surface area contributed by atoms with E-state index in [1.54, 1.807) is 18.2 Å². The number of nitrogens with zero attached hydrogens (tertiary/aromatic N) is 2. The molecule has 0 spiro atoms. The number of carbonyl (C=O) groups is 1. The zero-order chi connectivity index (χ0) is 17.6. The molecule has 2 rings (SSSR count). The highest BCUT2D eigenvalue weighted by molar-refractivity contribution is 7.89. The van der Waals surface area contributed by atoms with Crippen molar-refractivity contribution in [2.45, 2.75) is 17.9 Å². The fourth-order valence-electron chi connectivity index (χ4n) is 2.09. The Balaban J connectivity index is 2.05. The lowest BCUT2D eigenvalue weighted by molar-refractivity contribution is -0.139. The number of esters is 1. The zero-order valence-corrected chi connectivity index (χ0v) is 14.0. The Bertz CT molecular complexity index is 744. The minimum atomic E-state index is -3.53. The van der Waals surface area contributed by atoms with Crippen LogP contribution < -0.4 is 0 Å². The van der Waals surface area contributed by atoms with Gasteiger partial charge >= 0.3 is 5.97 Å². The van der Waals surface area contributed by atoms with Crippen LogP contribution in [0.15, 0.2) is 35.2 Å². The van der Waals surface area contributed by atoms with E-state index < -0.39 is 22.1 Å². The third-order valence-corrected chi connectivity index (χ3v) is 5.29. The van der Waals surface area contributed by atoms with Crippen LogP contribution in [0.3, 0.4) is 0 Å². The first kappa shape index (κ1) is 18.1. The van der Waals surface area contributed by atoms with Gasteiger partial charge in [-0.05, 0) is 30.7 Å². The molecule has 0 bridgehead atoms. The minimum Gasteiger partial charge on any atom is -0.444 e. The Hall–Kier alpha value is -2.21. The summed E-state index contributed by atoms with van der Waals surface area (Å²) < 4.78 is 36.3. The van der Waals surface area contributed by atoms with Crippen molar-refractivity contribution in [1.29, 1.82) is 5.26 Å². The molecular weight excluding hydrogens is 332 g/mol. The van der Waals surface area contributed by atoms with Crippen LogP contribution in [0.2, 0.25) is 0 Å². The first-order valence-electron chi connectivity index (χ1n) is 7.40. The zero-order valence-electron chi connectivity index (χ0n) is 13.2. The maximum atomic E-state index is 12.5. The molecule has 1 aliphatic heterocycles. The van der Waals surface area contributed by atoms with Crippen LogP contribution in [0.25, 0.3) is 6.08 Å². The molecule has 1 unspecified atom stereocenters. The third kappa shape index (κ3) is 4.64. The monoisotopic (exact) mass is 350 g/mol. The predicted molar refractivity (Wildman–Crippen MR) is 86.2 cm³/mol. The second-order valence-corrected chi connectivity index (χ2v) is 7.06. The molecular formula is C16H18N2O5S. The summed E-state index contributed by atoms with van der Waals surface area (Å²) in [6.07, 6.45) is 1.87. The van der Waals surface area contributed by atoms with Gasteiger partial charge in [-0.2, -0.15) is 9.57 Å². The molecule has 0 radical (unpaired) electrons. The first-order valence-corrected chi connectivity index (χ1v) is 8.84. The summed E-state index contributed by atoms with van der Waals surface area (Å²) in [6, 6.07) is 7.98. The molecule has 1 aromatic carbocycles. The molecule has 1 aromatic rings. The Morgan fingerprint density at radius 2 is 1.96 bits per heavy atom. The number of benzene rings is 1. The largest absolute Gasteiger partial charge is 0.444 e. The molecule has 0 saturated carbocycles. The molecule has 1 fully saturated rings. The van der Waals surface area contributed by atoms with Gasteiger partial charge in [0.1, 0.15) is 6.07 Å². The van der Waals surface area contributed by atoms with E-state index >= 15 is 0 Å². The molecule has 1 heterocycles. The Labute approximate surface area is 141 Å². The molecule has 1 saturated heterocycles. The summed E-state index contributed by atoms with van der Waals surface area (Å²) in [7, 11) is -3.53. The topological polar surface area (TPSA) is 96.7 Å². The van der Waals surface area contributed by atoms with Crippen molar-refractivity contribution >= 4 is 22.1 Å². The van der Waals surface area contributed by atoms with Crippen molar-refractivity contribution in [2.75, 3.05) is 26.3 Å². The number of nitriles is 1. The number of rotatable bonds is 5. The van der Waals surface area contributed by atoms with Crippen molar-refractivity contribution < 1.29 is 22.7 Å². The molecule has 1 aliphatic rings. The summed E-state index contributed by atoms with van der Waals surface area (Å²) in [5.74, 6) is -0.630.